The van der Waals surface area contributed by atoms with Crippen molar-refractivity contribution in [2.24, 2.45) is 0 Å². The molecule has 1 unspecified atom stereocenters. The number of rotatable bonds is 4. The van der Waals surface area contributed by atoms with Gasteiger partial charge in [0.2, 0.25) is 0 Å². The molecule has 1 heterocycles. The van der Waals surface area contributed by atoms with Crippen molar-refractivity contribution in [1.82, 2.24) is 15.0 Å². The lowest BCUT2D eigenvalue weighted by Crippen LogP contribution is -2.29. The fourth-order valence-electron chi connectivity index (χ4n) is 2.62. The second kappa shape index (κ2) is 6.89. The molecule has 2 aromatic carbocycles. The maximum Gasteiger partial charge on any atom is 0.257 e. The number of hydrogen-bond donors (Lipinski definition) is 0. The van der Waals surface area contributed by atoms with Gasteiger partial charge in [-0.05, 0) is 50.6 Å². The lowest BCUT2D eigenvalue weighted by Gasteiger charge is -2.25. The molecule has 0 aliphatic rings. The fourth-order valence-corrected chi connectivity index (χ4v) is 2.62. The van der Waals surface area contributed by atoms with Crippen molar-refractivity contribution in [3.8, 4) is 11.5 Å². The number of nitrogens with zero attached hydrogens (tertiary/aromatic N) is 3. The van der Waals surface area contributed by atoms with Crippen LogP contribution >= 0.6 is 0 Å². The monoisotopic (exact) mass is 335 g/mol. The van der Waals surface area contributed by atoms with E-state index in [9.17, 15) is 4.79 Å². The smallest absolute Gasteiger partial charge is 0.257 e. The zero-order chi connectivity index (χ0) is 18.0. The first-order chi connectivity index (χ1) is 12.0. The van der Waals surface area contributed by atoms with Crippen molar-refractivity contribution >= 4 is 5.91 Å². The van der Waals surface area contributed by atoms with E-state index in [-0.39, 0.29) is 11.9 Å². The van der Waals surface area contributed by atoms with E-state index < -0.39 is 0 Å². The number of amides is 1. The SMILES string of the molecule is Cc1ccc(C(C)N(C)C(=O)c2ccc(-c3nc(C)no3)cc2)cc1. The van der Waals surface area contributed by atoms with Gasteiger partial charge in [-0.15, -0.1) is 0 Å². The second-order valence-corrected chi connectivity index (χ2v) is 6.23. The van der Waals surface area contributed by atoms with Crippen LogP contribution in [0.5, 0.6) is 0 Å². The summed E-state index contributed by atoms with van der Waals surface area (Å²) in [4.78, 5) is 18.7. The zero-order valence-corrected chi connectivity index (χ0v) is 14.9. The van der Waals surface area contributed by atoms with Crippen molar-refractivity contribution in [2.75, 3.05) is 7.05 Å². The Labute approximate surface area is 147 Å². The van der Waals surface area contributed by atoms with Crippen LogP contribution < -0.4 is 0 Å². The first-order valence-electron chi connectivity index (χ1n) is 8.20. The van der Waals surface area contributed by atoms with E-state index in [1.54, 1.807) is 24.0 Å². The molecular weight excluding hydrogens is 314 g/mol. The highest BCUT2D eigenvalue weighted by molar-refractivity contribution is 5.94. The first-order valence-corrected chi connectivity index (χ1v) is 8.20. The molecule has 5 heteroatoms. The van der Waals surface area contributed by atoms with Crippen LogP contribution in [0.3, 0.4) is 0 Å². The molecule has 3 rings (SSSR count). The summed E-state index contributed by atoms with van der Waals surface area (Å²) in [5.74, 6) is 1.01. The Morgan fingerprint density at radius 2 is 1.68 bits per heavy atom. The van der Waals surface area contributed by atoms with Crippen LogP contribution in [0.4, 0.5) is 0 Å². The van der Waals surface area contributed by atoms with Crippen LogP contribution in [-0.2, 0) is 0 Å². The average molecular weight is 335 g/mol. The van der Waals surface area contributed by atoms with Crippen LogP contribution in [0.25, 0.3) is 11.5 Å². The fraction of sp³-hybridized carbons (Fsp3) is 0.250. The van der Waals surface area contributed by atoms with Crippen molar-refractivity contribution in [1.29, 1.82) is 0 Å². The van der Waals surface area contributed by atoms with E-state index in [4.69, 9.17) is 4.52 Å². The summed E-state index contributed by atoms with van der Waals surface area (Å²) in [6.45, 7) is 5.85. The zero-order valence-electron chi connectivity index (χ0n) is 14.9. The molecular formula is C20H21N3O2. The maximum absolute atomic E-state index is 12.8. The summed E-state index contributed by atoms with van der Waals surface area (Å²) in [5, 5.41) is 3.78. The number of aryl methyl sites for hydroxylation is 2. The molecule has 128 valence electrons. The van der Waals surface area contributed by atoms with Gasteiger partial charge in [-0.25, -0.2) is 0 Å². The van der Waals surface area contributed by atoms with Crippen LogP contribution in [0.1, 0.15) is 40.3 Å². The van der Waals surface area contributed by atoms with E-state index in [1.165, 1.54) is 5.56 Å². The third kappa shape index (κ3) is 3.60. The minimum absolute atomic E-state index is 0.00799. The molecule has 0 aliphatic carbocycles. The Hall–Kier alpha value is -2.95. The summed E-state index contributed by atoms with van der Waals surface area (Å²) in [5.41, 5.74) is 3.74. The summed E-state index contributed by atoms with van der Waals surface area (Å²) in [7, 11) is 1.82. The molecule has 3 aromatic rings. The molecule has 0 aliphatic heterocycles. The molecule has 0 N–H and O–H groups in total. The van der Waals surface area contributed by atoms with Gasteiger partial charge in [-0.2, -0.15) is 4.98 Å². The Morgan fingerprint density at radius 1 is 1.04 bits per heavy atom. The van der Waals surface area contributed by atoms with E-state index in [0.717, 1.165) is 11.1 Å². The third-order valence-electron chi connectivity index (χ3n) is 4.37. The number of aromatic nitrogens is 2. The second-order valence-electron chi connectivity index (χ2n) is 6.23. The number of benzene rings is 2. The standard InChI is InChI=1S/C20H21N3O2/c1-13-5-7-16(8-6-13)14(2)23(4)20(24)18-11-9-17(10-12-18)19-21-15(3)22-25-19/h5-12,14H,1-4H3. The van der Waals surface area contributed by atoms with Gasteiger partial charge in [0.1, 0.15) is 0 Å². The lowest BCUT2D eigenvalue weighted by molar-refractivity contribution is 0.0742. The van der Waals surface area contributed by atoms with E-state index >= 15 is 0 Å². The number of hydrogen-bond acceptors (Lipinski definition) is 4. The van der Waals surface area contributed by atoms with Gasteiger partial charge in [-0.1, -0.05) is 35.0 Å². The molecule has 0 saturated carbocycles. The average Bonchev–Trinajstić information content (AvgIpc) is 3.07. The van der Waals surface area contributed by atoms with Crippen LogP contribution in [0.2, 0.25) is 0 Å². The molecule has 1 aromatic heterocycles. The summed E-state index contributed by atoms with van der Waals surface area (Å²) < 4.78 is 5.15. The van der Waals surface area contributed by atoms with Gasteiger partial charge in [0.25, 0.3) is 11.8 Å². The predicted molar refractivity (Wildman–Crippen MR) is 96.2 cm³/mol. The maximum atomic E-state index is 12.8. The number of carbonyl (C=O) groups is 1. The topological polar surface area (TPSA) is 59.2 Å². The summed E-state index contributed by atoms with van der Waals surface area (Å²) in [6.07, 6.45) is 0. The van der Waals surface area contributed by atoms with Gasteiger partial charge in [-0.3, -0.25) is 4.79 Å². The Morgan fingerprint density at radius 3 is 2.24 bits per heavy atom. The minimum Gasteiger partial charge on any atom is -0.335 e. The molecule has 1 amide bonds. The molecule has 1 atom stereocenters. The van der Waals surface area contributed by atoms with E-state index in [0.29, 0.717) is 17.3 Å². The van der Waals surface area contributed by atoms with Crippen molar-refractivity contribution < 1.29 is 9.32 Å². The molecule has 0 saturated heterocycles. The lowest BCUT2D eigenvalue weighted by atomic mass is 10.0. The van der Waals surface area contributed by atoms with Crippen LogP contribution in [-0.4, -0.2) is 28.0 Å². The number of carbonyl (C=O) groups excluding carboxylic acids is 1. The predicted octanol–water partition coefficient (Wildman–Crippen LogP) is 4.19. The molecule has 0 spiro atoms. The van der Waals surface area contributed by atoms with E-state index in [2.05, 4.69) is 41.3 Å². The molecule has 0 radical (unpaired) electrons. The van der Waals surface area contributed by atoms with Gasteiger partial charge >= 0.3 is 0 Å². The van der Waals surface area contributed by atoms with Gasteiger partial charge in [0.05, 0.1) is 6.04 Å². The molecule has 0 fully saturated rings. The highest BCUT2D eigenvalue weighted by Gasteiger charge is 2.19. The summed E-state index contributed by atoms with van der Waals surface area (Å²) >= 11 is 0. The van der Waals surface area contributed by atoms with Crippen LogP contribution in [0, 0.1) is 13.8 Å². The highest BCUT2D eigenvalue weighted by Crippen LogP contribution is 2.23. The largest absolute Gasteiger partial charge is 0.335 e. The molecule has 25 heavy (non-hydrogen) atoms. The summed E-state index contributed by atoms with van der Waals surface area (Å²) in [6, 6.07) is 15.5. The third-order valence-corrected chi connectivity index (χ3v) is 4.37. The molecule has 5 nitrogen and oxygen atoms in total. The Bertz CT molecular complexity index is 867. The van der Waals surface area contributed by atoms with E-state index in [1.807, 2.05) is 26.1 Å². The molecule has 0 bridgehead atoms. The first kappa shape index (κ1) is 16.9. The van der Waals surface area contributed by atoms with Gasteiger partial charge < -0.3 is 9.42 Å². The van der Waals surface area contributed by atoms with Gasteiger partial charge in [0.15, 0.2) is 5.82 Å². The quantitative estimate of drug-likeness (QED) is 0.717. The Balaban J connectivity index is 1.76. The van der Waals surface area contributed by atoms with Crippen LogP contribution in [0.15, 0.2) is 53.1 Å². The Kier molecular flexibility index (Phi) is 4.65. The van der Waals surface area contributed by atoms with Crippen molar-refractivity contribution in [2.45, 2.75) is 26.8 Å². The highest BCUT2D eigenvalue weighted by atomic mass is 16.5. The normalized spacial score (nSPS) is 12.0. The minimum atomic E-state index is -0.0265. The van der Waals surface area contributed by atoms with Crippen molar-refractivity contribution in [3.63, 3.8) is 0 Å². The van der Waals surface area contributed by atoms with Gasteiger partial charge in [0, 0.05) is 18.2 Å². The van der Waals surface area contributed by atoms with Crippen molar-refractivity contribution in [3.05, 3.63) is 71.0 Å².